The van der Waals surface area contributed by atoms with Gasteiger partial charge in [0.15, 0.2) is 11.3 Å². The Balaban J connectivity index is 0.000000566. The lowest BCUT2D eigenvalue weighted by molar-refractivity contribution is -0.192. The van der Waals surface area contributed by atoms with E-state index in [4.69, 9.17) is 15.6 Å². The normalized spacial score (nSPS) is 13.7. The van der Waals surface area contributed by atoms with Gasteiger partial charge >= 0.3 is 12.1 Å². The molecule has 0 radical (unpaired) electrons. The Morgan fingerprint density at radius 1 is 1.09 bits per heavy atom. The number of fused-ring (bicyclic) bond motifs is 1. The predicted octanol–water partition coefficient (Wildman–Crippen LogP) is 0.217. The third-order valence-corrected chi connectivity index (χ3v) is 7.59. The summed E-state index contributed by atoms with van der Waals surface area (Å²) in [6, 6.07) is 7.66. The number of hydrogen-bond acceptors (Lipinski definition) is 10. The predicted molar refractivity (Wildman–Crippen MR) is 148 cm³/mol. The van der Waals surface area contributed by atoms with Crippen molar-refractivity contribution in [3.63, 3.8) is 0 Å². The molecule has 0 bridgehead atoms. The van der Waals surface area contributed by atoms with Crippen LogP contribution in [0.15, 0.2) is 53.8 Å². The first-order valence-corrected chi connectivity index (χ1v) is 14.0. The first-order chi connectivity index (χ1) is 20.7. The Kier molecular flexibility index (Phi) is 9.16. The van der Waals surface area contributed by atoms with Gasteiger partial charge in [-0.2, -0.15) is 23.4 Å². The van der Waals surface area contributed by atoms with Gasteiger partial charge in [0.2, 0.25) is 10.0 Å². The minimum Gasteiger partial charge on any atom is -0.475 e. The Hall–Kier alpha value is -5.08. The van der Waals surface area contributed by atoms with Crippen LogP contribution in [0.25, 0.3) is 11.3 Å². The number of alkyl halides is 3. The second-order valence-electron chi connectivity index (χ2n) is 9.01. The van der Waals surface area contributed by atoms with Gasteiger partial charge in [0.25, 0.3) is 11.8 Å². The number of amides is 2. The second kappa shape index (κ2) is 12.7. The molecule has 20 heteroatoms. The van der Waals surface area contributed by atoms with Crippen LogP contribution in [0.1, 0.15) is 20.8 Å². The zero-order valence-electron chi connectivity index (χ0n) is 22.7. The average Bonchev–Trinajstić information content (AvgIpc) is 3.62. The SMILES string of the molecule is CNS(=O)(=O)c1ccc(-n2cc(NC(=O)c3cnn4ccc(N5CCNCC5)nc34)c(C(N)=O)n2)cc1.O=C(O)C(F)(F)F. The summed E-state index contributed by atoms with van der Waals surface area (Å²) in [4.78, 5) is 41.0. The van der Waals surface area contributed by atoms with Crippen molar-refractivity contribution in [2.24, 2.45) is 5.73 Å². The van der Waals surface area contributed by atoms with E-state index in [0.29, 0.717) is 11.3 Å². The van der Waals surface area contributed by atoms with Crippen LogP contribution in [0.3, 0.4) is 0 Å². The molecule has 234 valence electrons. The van der Waals surface area contributed by atoms with Crippen LogP contribution in [-0.2, 0) is 14.8 Å². The summed E-state index contributed by atoms with van der Waals surface area (Å²) in [5, 5.41) is 21.5. The van der Waals surface area contributed by atoms with Crippen molar-refractivity contribution >= 4 is 45.0 Å². The van der Waals surface area contributed by atoms with E-state index in [1.54, 1.807) is 6.20 Å². The van der Waals surface area contributed by atoms with Crippen LogP contribution < -0.4 is 26.0 Å². The van der Waals surface area contributed by atoms with Crippen molar-refractivity contribution in [1.82, 2.24) is 34.4 Å². The minimum atomic E-state index is -5.08. The summed E-state index contributed by atoms with van der Waals surface area (Å²) in [6.07, 6.45) is -0.527. The number of halogens is 3. The summed E-state index contributed by atoms with van der Waals surface area (Å²) in [7, 11) is -2.30. The molecule has 0 aliphatic carbocycles. The molecule has 0 atom stereocenters. The molecule has 5 rings (SSSR count). The number of rotatable bonds is 7. The first-order valence-electron chi connectivity index (χ1n) is 12.6. The molecule has 0 unspecified atom stereocenters. The highest BCUT2D eigenvalue weighted by Crippen LogP contribution is 2.21. The summed E-state index contributed by atoms with van der Waals surface area (Å²) >= 11 is 0. The van der Waals surface area contributed by atoms with Gasteiger partial charge in [0.05, 0.1) is 28.7 Å². The summed E-state index contributed by atoms with van der Waals surface area (Å²) in [6.45, 7) is 3.27. The van der Waals surface area contributed by atoms with E-state index in [1.165, 1.54) is 52.9 Å². The molecule has 16 nitrogen and oxygen atoms in total. The van der Waals surface area contributed by atoms with E-state index in [-0.39, 0.29) is 21.8 Å². The fourth-order valence-corrected chi connectivity index (χ4v) is 4.68. The molecule has 0 spiro atoms. The number of sulfonamides is 1. The van der Waals surface area contributed by atoms with Crippen molar-refractivity contribution < 1.29 is 41.1 Å². The number of nitrogens with one attached hydrogen (secondary N) is 3. The number of carboxylic acid groups (broad SMARTS) is 1. The summed E-state index contributed by atoms with van der Waals surface area (Å²) in [5.41, 5.74) is 6.45. The summed E-state index contributed by atoms with van der Waals surface area (Å²) in [5.74, 6) is -3.41. The van der Waals surface area contributed by atoms with Crippen molar-refractivity contribution in [1.29, 1.82) is 0 Å². The monoisotopic (exact) mass is 638 g/mol. The molecule has 3 aromatic heterocycles. The van der Waals surface area contributed by atoms with E-state index in [1.807, 2.05) is 6.07 Å². The van der Waals surface area contributed by atoms with Crippen LogP contribution in [0, 0.1) is 0 Å². The van der Waals surface area contributed by atoms with Crippen LogP contribution in [0.2, 0.25) is 0 Å². The number of carbonyl (C=O) groups is 3. The van der Waals surface area contributed by atoms with Gasteiger partial charge < -0.3 is 26.4 Å². The number of aromatic nitrogens is 5. The highest BCUT2D eigenvalue weighted by Gasteiger charge is 2.38. The molecule has 4 heterocycles. The number of nitrogens with two attached hydrogens (primary N) is 1. The summed E-state index contributed by atoms with van der Waals surface area (Å²) < 4.78 is 60.7. The maximum Gasteiger partial charge on any atom is 0.490 e. The number of nitrogens with zero attached hydrogens (tertiary/aromatic N) is 6. The van der Waals surface area contributed by atoms with Gasteiger partial charge in [0, 0.05) is 32.4 Å². The lowest BCUT2D eigenvalue weighted by atomic mass is 10.3. The molecule has 1 saturated heterocycles. The minimum absolute atomic E-state index is 0.0651. The quantitative estimate of drug-likeness (QED) is 0.184. The van der Waals surface area contributed by atoms with Gasteiger partial charge in [-0.25, -0.2) is 32.1 Å². The van der Waals surface area contributed by atoms with Gasteiger partial charge in [-0.1, -0.05) is 0 Å². The van der Waals surface area contributed by atoms with Gasteiger partial charge in [-0.05, 0) is 37.4 Å². The van der Waals surface area contributed by atoms with Gasteiger partial charge in [-0.3, -0.25) is 9.59 Å². The second-order valence-corrected chi connectivity index (χ2v) is 10.9. The lowest BCUT2D eigenvalue weighted by Crippen LogP contribution is -2.43. The fraction of sp³-hybridized carbons (Fsp3) is 0.250. The highest BCUT2D eigenvalue weighted by molar-refractivity contribution is 7.89. The average molecular weight is 639 g/mol. The Morgan fingerprint density at radius 3 is 2.30 bits per heavy atom. The van der Waals surface area contributed by atoms with Crippen molar-refractivity contribution in [3.05, 3.63) is 60.2 Å². The Morgan fingerprint density at radius 2 is 1.73 bits per heavy atom. The maximum absolute atomic E-state index is 13.2. The van der Waals surface area contributed by atoms with E-state index in [0.717, 1.165) is 32.0 Å². The molecule has 1 fully saturated rings. The van der Waals surface area contributed by atoms with Gasteiger partial charge in [0.1, 0.15) is 11.4 Å². The van der Waals surface area contributed by atoms with Crippen molar-refractivity contribution in [2.45, 2.75) is 11.1 Å². The largest absolute Gasteiger partial charge is 0.490 e. The lowest BCUT2D eigenvalue weighted by Gasteiger charge is -2.28. The number of primary amides is 1. The first kappa shape index (κ1) is 31.8. The van der Waals surface area contributed by atoms with E-state index in [2.05, 4.69) is 35.4 Å². The number of piperazine rings is 1. The van der Waals surface area contributed by atoms with Crippen LogP contribution in [-0.4, -0.2) is 95.1 Å². The number of carboxylic acids is 1. The van der Waals surface area contributed by atoms with E-state index in [9.17, 15) is 31.2 Å². The molecular formula is C24H25F3N10O6S. The molecule has 1 aliphatic heterocycles. The van der Waals surface area contributed by atoms with Crippen LogP contribution >= 0.6 is 0 Å². The molecular weight excluding hydrogens is 613 g/mol. The zero-order valence-corrected chi connectivity index (χ0v) is 23.6. The molecule has 4 aromatic rings. The molecule has 6 N–H and O–H groups in total. The van der Waals surface area contributed by atoms with Crippen LogP contribution in [0.4, 0.5) is 24.7 Å². The van der Waals surface area contributed by atoms with Gasteiger partial charge in [-0.15, -0.1) is 0 Å². The molecule has 44 heavy (non-hydrogen) atoms. The third-order valence-electron chi connectivity index (χ3n) is 6.16. The standard InChI is InChI=1S/C22H24N10O4S.C2HF3O2/c1-24-37(35,36)15-4-2-14(3-5-15)32-13-17(19(29-32)20(23)33)27-22(34)16-12-26-31-9-6-18(28-21(16)31)30-10-7-25-8-11-30;3-2(4,5)1(6)7/h2-6,9,12-13,24-25H,7-8,10-11H2,1H3,(H2,23,33)(H,27,34);(H,6,7). The Labute approximate surface area is 246 Å². The number of benzene rings is 1. The fourth-order valence-electron chi connectivity index (χ4n) is 3.95. The van der Waals surface area contributed by atoms with Crippen molar-refractivity contribution in [2.75, 3.05) is 43.4 Å². The Bertz CT molecular complexity index is 1800. The molecule has 0 saturated carbocycles. The topological polar surface area (TPSA) is 219 Å². The third kappa shape index (κ3) is 7.10. The van der Waals surface area contributed by atoms with E-state index >= 15 is 0 Å². The molecule has 1 aromatic carbocycles. The van der Waals surface area contributed by atoms with E-state index < -0.39 is 34.0 Å². The number of anilines is 2. The number of aliphatic carboxylic acids is 1. The number of hydrogen-bond donors (Lipinski definition) is 5. The zero-order chi connectivity index (χ0) is 32.2. The molecule has 1 aliphatic rings. The van der Waals surface area contributed by atoms with Crippen LogP contribution in [0.5, 0.6) is 0 Å². The molecule has 2 amide bonds. The highest BCUT2D eigenvalue weighted by atomic mass is 32.2. The smallest absolute Gasteiger partial charge is 0.475 e. The number of carbonyl (C=O) groups excluding carboxylic acids is 2. The maximum atomic E-state index is 13.2. The van der Waals surface area contributed by atoms with Crippen molar-refractivity contribution in [3.8, 4) is 5.69 Å².